The Labute approximate surface area is 168 Å². The zero-order valence-electron chi connectivity index (χ0n) is 15.0. The van der Waals surface area contributed by atoms with Crippen LogP contribution in [0.15, 0.2) is 36.4 Å². The quantitative estimate of drug-likeness (QED) is 0.396. The van der Waals surface area contributed by atoms with Crippen LogP contribution in [0, 0.1) is 0 Å². The summed E-state index contributed by atoms with van der Waals surface area (Å²) in [5, 5.41) is 0. The number of alkyl halides is 6. The molecular formula is C20H8F6O5. The van der Waals surface area contributed by atoms with Crippen molar-refractivity contribution in [2.24, 2.45) is 0 Å². The van der Waals surface area contributed by atoms with Crippen molar-refractivity contribution in [1.82, 2.24) is 0 Å². The summed E-state index contributed by atoms with van der Waals surface area (Å²) in [5.74, 6) is -4.19. The molecule has 4 rings (SSSR count). The molecular weight excluding hydrogens is 434 g/mol. The molecule has 160 valence electrons. The Kier molecular flexibility index (Phi) is 4.19. The number of halogens is 6. The Morgan fingerprint density at radius 3 is 1.61 bits per heavy atom. The van der Waals surface area contributed by atoms with Crippen LogP contribution in [0.2, 0.25) is 0 Å². The largest absolute Gasteiger partial charge is 0.411 e. The van der Waals surface area contributed by atoms with Crippen LogP contribution >= 0.6 is 0 Å². The highest BCUT2D eigenvalue weighted by Crippen LogP contribution is 2.56. The summed E-state index contributed by atoms with van der Waals surface area (Å²) >= 11 is 0. The van der Waals surface area contributed by atoms with E-state index >= 15 is 0 Å². The highest BCUT2D eigenvalue weighted by atomic mass is 19.4. The van der Waals surface area contributed by atoms with E-state index in [9.17, 15) is 45.5 Å². The number of hydrogen-bond donors (Lipinski definition) is 0. The molecule has 0 unspecified atom stereocenters. The minimum atomic E-state index is -5.98. The molecule has 0 spiro atoms. The predicted molar refractivity (Wildman–Crippen MR) is 88.8 cm³/mol. The lowest BCUT2D eigenvalue weighted by molar-refractivity contribution is -0.288. The van der Waals surface area contributed by atoms with Crippen LogP contribution < -0.4 is 0 Å². The summed E-state index contributed by atoms with van der Waals surface area (Å²) in [6.45, 7) is 0. The van der Waals surface area contributed by atoms with Crippen LogP contribution in [0.3, 0.4) is 0 Å². The third-order valence-electron chi connectivity index (χ3n) is 5.30. The second-order valence-electron chi connectivity index (χ2n) is 6.97. The predicted octanol–water partition coefficient (Wildman–Crippen LogP) is 4.18. The van der Waals surface area contributed by atoms with Crippen molar-refractivity contribution in [2.75, 3.05) is 0 Å². The van der Waals surface area contributed by atoms with Gasteiger partial charge in [-0.15, -0.1) is 0 Å². The van der Waals surface area contributed by atoms with E-state index in [0.717, 1.165) is 6.07 Å². The van der Waals surface area contributed by atoms with E-state index in [1.807, 2.05) is 0 Å². The third kappa shape index (κ3) is 2.72. The number of hydrogen-bond acceptors (Lipinski definition) is 5. The molecule has 0 atom stereocenters. The second kappa shape index (κ2) is 6.25. The standard InChI is InChI=1S/C20H8F6O5/c21-19(22,23)18(20(24,25)26,8-1-3-10-12(5-8)15(28)7-14(10)27)9-2-4-11-13(6-9)17(30)31-16(11)29/h1-6H,7H2. The number of rotatable bonds is 2. The molecule has 2 aromatic rings. The molecule has 1 heterocycles. The van der Waals surface area contributed by atoms with Gasteiger partial charge in [0.2, 0.25) is 5.41 Å². The maximum atomic E-state index is 14.2. The molecule has 0 amide bonds. The van der Waals surface area contributed by atoms with Gasteiger partial charge in [0, 0.05) is 11.1 Å². The van der Waals surface area contributed by atoms with Gasteiger partial charge in [-0.05, 0) is 29.3 Å². The average molecular weight is 442 g/mol. The highest BCUT2D eigenvalue weighted by molar-refractivity contribution is 6.24. The molecule has 5 nitrogen and oxygen atoms in total. The van der Waals surface area contributed by atoms with E-state index in [-0.39, 0.29) is 5.56 Å². The summed E-state index contributed by atoms with van der Waals surface area (Å²) < 4.78 is 89.7. The molecule has 0 bridgehead atoms. The Balaban J connectivity index is 2.06. The minimum absolute atomic E-state index is 0.268. The number of ether oxygens (including phenoxy) is 1. The third-order valence-corrected chi connectivity index (χ3v) is 5.30. The number of esters is 2. The molecule has 31 heavy (non-hydrogen) atoms. The summed E-state index contributed by atoms with van der Waals surface area (Å²) in [4.78, 5) is 47.0. The minimum Gasteiger partial charge on any atom is -0.386 e. The topological polar surface area (TPSA) is 77.5 Å². The van der Waals surface area contributed by atoms with Crippen LogP contribution in [-0.2, 0) is 10.2 Å². The normalized spacial score (nSPS) is 16.5. The number of carbonyl (C=O) groups is 4. The molecule has 0 N–H and O–H groups in total. The lowest BCUT2D eigenvalue weighted by atomic mass is 9.71. The van der Waals surface area contributed by atoms with Gasteiger partial charge in [0.25, 0.3) is 0 Å². The Bertz CT molecular complexity index is 1100. The zero-order chi connectivity index (χ0) is 22.9. The molecule has 0 radical (unpaired) electrons. The van der Waals surface area contributed by atoms with Gasteiger partial charge >= 0.3 is 24.3 Å². The van der Waals surface area contributed by atoms with Crippen molar-refractivity contribution in [2.45, 2.75) is 24.2 Å². The number of fused-ring (bicyclic) bond motifs is 2. The van der Waals surface area contributed by atoms with Crippen LogP contribution in [0.4, 0.5) is 26.3 Å². The molecule has 0 aromatic heterocycles. The second-order valence-corrected chi connectivity index (χ2v) is 6.97. The van der Waals surface area contributed by atoms with Crippen LogP contribution in [0.1, 0.15) is 59.0 Å². The molecule has 1 aliphatic carbocycles. The molecule has 0 fully saturated rings. The first-order valence-electron chi connectivity index (χ1n) is 8.54. The number of carbonyl (C=O) groups excluding carboxylic acids is 4. The van der Waals surface area contributed by atoms with Gasteiger partial charge in [0.15, 0.2) is 11.6 Å². The molecule has 0 saturated carbocycles. The van der Waals surface area contributed by atoms with E-state index < -0.39 is 75.5 Å². The van der Waals surface area contributed by atoms with Gasteiger partial charge in [-0.3, -0.25) is 9.59 Å². The maximum absolute atomic E-state index is 14.2. The maximum Gasteiger partial charge on any atom is 0.411 e. The number of ketones is 2. The highest BCUT2D eigenvalue weighted by Gasteiger charge is 2.72. The number of benzene rings is 2. The Morgan fingerprint density at radius 1 is 0.613 bits per heavy atom. The van der Waals surface area contributed by atoms with Crippen molar-refractivity contribution in [3.05, 3.63) is 69.8 Å². The van der Waals surface area contributed by atoms with Crippen molar-refractivity contribution in [3.63, 3.8) is 0 Å². The van der Waals surface area contributed by atoms with Gasteiger partial charge in [-0.25, -0.2) is 9.59 Å². The van der Waals surface area contributed by atoms with E-state index in [0.29, 0.717) is 30.3 Å². The lowest BCUT2D eigenvalue weighted by Gasteiger charge is -2.38. The van der Waals surface area contributed by atoms with Crippen molar-refractivity contribution < 1.29 is 50.3 Å². The zero-order valence-corrected chi connectivity index (χ0v) is 15.0. The van der Waals surface area contributed by atoms with Crippen LogP contribution in [-0.4, -0.2) is 35.9 Å². The van der Waals surface area contributed by atoms with Gasteiger partial charge in [0.1, 0.15) is 0 Å². The van der Waals surface area contributed by atoms with Crippen molar-refractivity contribution >= 4 is 23.5 Å². The first-order valence-corrected chi connectivity index (χ1v) is 8.54. The van der Waals surface area contributed by atoms with Gasteiger partial charge in [-0.1, -0.05) is 18.2 Å². The first kappa shape index (κ1) is 20.8. The number of cyclic esters (lactones) is 2. The Morgan fingerprint density at radius 2 is 1.06 bits per heavy atom. The molecule has 1 aliphatic heterocycles. The molecule has 11 heteroatoms. The van der Waals surface area contributed by atoms with Crippen LogP contribution in [0.5, 0.6) is 0 Å². The molecule has 2 aliphatic rings. The fourth-order valence-electron chi connectivity index (χ4n) is 3.89. The smallest absolute Gasteiger partial charge is 0.386 e. The van der Waals surface area contributed by atoms with Gasteiger partial charge in [-0.2, -0.15) is 26.3 Å². The van der Waals surface area contributed by atoms with E-state index in [1.54, 1.807) is 0 Å². The summed E-state index contributed by atoms with van der Waals surface area (Å²) in [6, 6.07) is 3.01. The van der Waals surface area contributed by atoms with Gasteiger partial charge < -0.3 is 4.74 Å². The first-order chi connectivity index (χ1) is 14.3. The lowest BCUT2D eigenvalue weighted by Crippen LogP contribution is -2.55. The fraction of sp³-hybridized carbons (Fsp3) is 0.200. The Hall–Kier alpha value is -3.50. The van der Waals surface area contributed by atoms with Crippen molar-refractivity contribution in [3.8, 4) is 0 Å². The van der Waals surface area contributed by atoms with E-state index in [2.05, 4.69) is 4.74 Å². The molecule has 0 saturated heterocycles. The summed E-state index contributed by atoms with van der Waals surface area (Å²) in [5.41, 5.74) is -9.43. The SMILES string of the molecule is O=C1CC(=O)c2cc(C(c3ccc4c(c3)C(=O)OC4=O)(C(F)(F)F)C(F)(F)F)ccc21. The monoisotopic (exact) mass is 442 g/mol. The van der Waals surface area contributed by atoms with Crippen LogP contribution in [0.25, 0.3) is 0 Å². The molecule has 2 aromatic carbocycles. The van der Waals surface area contributed by atoms with Gasteiger partial charge in [0.05, 0.1) is 17.5 Å². The van der Waals surface area contributed by atoms with Crippen molar-refractivity contribution in [1.29, 1.82) is 0 Å². The number of Topliss-reactive ketones (excluding diaryl/α,β-unsaturated/α-hetero) is 2. The fourth-order valence-corrected chi connectivity index (χ4v) is 3.89. The average Bonchev–Trinajstić information content (AvgIpc) is 3.09. The summed E-state index contributed by atoms with van der Waals surface area (Å²) in [7, 11) is 0. The van der Waals surface area contributed by atoms with E-state index in [1.165, 1.54) is 0 Å². The summed E-state index contributed by atoms with van der Waals surface area (Å²) in [6.07, 6.45) is -12.6. The van der Waals surface area contributed by atoms with E-state index in [4.69, 9.17) is 0 Å².